The van der Waals surface area contributed by atoms with Gasteiger partial charge in [-0.15, -0.1) is 0 Å². The molecule has 0 N–H and O–H groups in total. The predicted molar refractivity (Wildman–Crippen MR) is 38.7 cm³/mol. The molecule has 0 unspecified atom stereocenters. The highest BCUT2D eigenvalue weighted by molar-refractivity contribution is 6.29. The van der Waals surface area contributed by atoms with E-state index in [1.54, 1.807) is 13.0 Å². The Bertz CT molecular complexity index is 330. The number of hydrogen-bond donors (Lipinski definition) is 0. The van der Waals surface area contributed by atoms with E-state index in [-0.39, 0.29) is 10.7 Å². The van der Waals surface area contributed by atoms with Crippen LogP contribution in [0.4, 0.5) is 4.39 Å². The van der Waals surface area contributed by atoms with Crippen molar-refractivity contribution in [1.29, 1.82) is 5.26 Å². The number of aromatic nitrogens is 1. The summed E-state index contributed by atoms with van der Waals surface area (Å²) in [5.41, 5.74) is 0.458. The Labute approximate surface area is 68.2 Å². The first-order chi connectivity index (χ1) is 5.16. The zero-order valence-electron chi connectivity index (χ0n) is 5.73. The Morgan fingerprint density at radius 2 is 2.36 bits per heavy atom. The molecule has 56 valence electrons. The summed E-state index contributed by atoms with van der Waals surface area (Å²) in [5, 5.41) is 8.19. The van der Waals surface area contributed by atoms with Crippen LogP contribution < -0.4 is 0 Å². The molecule has 0 amide bonds. The summed E-state index contributed by atoms with van der Waals surface area (Å²) in [7, 11) is 0. The van der Waals surface area contributed by atoms with Crippen LogP contribution in [-0.4, -0.2) is 4.98 Å². The van der Waals surface area contributed by atoms with E-state index >= 15 is 0 Å². The molecule has 0 radical (unpaired) electrons. The molecule has 0 bridgehead atoms. The van der Waals surface area contributed by atoms with E-state index in [1.165, 1.54) is 6.20 Å². The average Bonchev–Trinajstić information content (AvgIpc) is 1.99. The average molecular weight is 171 g/mol. The van der Waals surface area contributed by atoms with Gasteiger partial charge in [-0.3, -0.25) is 0 Å². The van der Waals surface area contributed by atoms with Crippen molar-refractivity contribution >= 4 is 11.6 Å². The third-order valence-electron chi connectivity index (χ3n) is 1.28. The lowest BCUT2D eigenvalue weighted by Crippen LogP contribution is -1.92. The number of aryl methyl sites for hydroxylation is 1. The molecule has 0 atom stereocenters. The molecule has 2 nitrogen and oxygen atoms in total. The Morgan fingerprint density at radius 1 is 1.73 bits per heavy atom. The fourth-order valence-corrected chi connectivity index (χ4v) is 0.832. The smallest absolute Gasteiger partial charge is 0.178 e. The molecule has 0 aromatic carbocycles. The van der Waals surface area contributed by atoms with Gasteiger partial charge in [-0.25, -0.2) is 9.37 Å². The van der Waals surface area contributed by atoms with Crippen molar-refractivity contribution in [3.8, 4) is 6.07 Å². The van der Waals surface area contributed by atoms with Crippen molar-refractivity contribution in [2.75, 3.05) is 0 Å². The molecule has 11 heavy (non-hydrogen) atoms. The summed E-state index contributed by atoms with van der Waals surface area (Å²) in [6.45, 7) is 1.60. The maximum Gasteiger partial charge on any atom is 0.178 e. The number of hydrogen-bond acceptors (Lipinski definition) is 2. The van der Waals surface area contributed by atoms with E-state index in [9.17, 15) is 4.39 Å². The molecule has 0 saturated heterocycles. The highest BCUT2D eigenvalue weighted by atomic mass is 35.5. The summed E-state index contributed by atoms with van der Waals surface area (Å²) in [6, 6.07) is 1.70. The Balaban J connectivity index is 3.44. The molecule has 4 heteroatoms. The van der Waals surface area contributed by atoms with Crippen molar-refractivity contribution < 1.29 is 4.39 Å². The normalized spacial score (nSPS) is 9.27. The fourth-order valence-electron chi connectivity index (χ4n) is 0.688. The summed E-state index contributed by atoms with van der Waals surface area (Å²) < 4.78 is 12.8. The van der Waals surface area contributed by atoms with Crippen molar-refractivity contribution in [2.24, 2.45) is 0 Å². The number of halogens is 2. The van der Waals surface area contributed by atoms with Gasteiger partial charge >= 0.3 is 0 Å². The quantitative estimate of drug-likeness (QED) is 0.559. The molecule has 1 aromatic rings. The zero-order chi connectivity index (χ0) is 8.43. The Kier molecular flexibility index (Phi) is 2.06. The number of nitriles is 1. The Morgan fingerprint density at radius 3 is 2.82 bits per heavy atom. The van der Waals surface area contributed by atoms with Crippen molar-refractivity contribution in [3.05, 3.63) is 28.3 Å². The van der Waals surface area contributed by atoms with Crippen LogP contribution in [0.15, 0.2) is 6.20 Å². The van der Waals surface area contributed by atoms with Gasteiger partial charge in [0, 0.05) is 6.20 Å². The molecule has 1 rings (SSSR count). The molecule has 0 spiro atoms. The topological polar surface area (TPSA) is 36.7 Å². The van der Waals surface area contributed by atoms with E-state index in [2.05, 4.69) is 4.98 Å². The van der Waals surface area contributed by atoms with E-state index in [0.29, 0.717) is 5.56 Å². The van der Waals surface area contributed by atoms with Crippen LogP contribution in [-0.2, 0) is 0 Å². The van der Waals surface area contributed by atoms with Crippen LogP contribution in [0.25, 0.3) is 0 Å². The van der Waals surface area contributed by atoms with Gasteiger partial charge in [0.15, 0.2) is 11.0 Å². The van der Waals surface area contributed by atoms with E-state index in [1.807, 2.05) is 0 Å². The van der Waals surface area contributed by atoms with E-state index in [0.717, 1.165) is 0 Å². The van der Waals surface area contributed by atoms with Crippen LogP contribution in [0.5, 0.6) is 0 Å². The fraction of sp³-hybridized carbons (Fsp3) is 0.143. The lowest BCUT2D eigenvalue weighted by Gasteiger charge is -1.97. The molecule has 0 aliphatic carbocycles. The minimum atomic E-state index is -0.742. The second-order valence-electron chi connectivity index (χ2n) is 2.03. The highest BCUT2D eigenvalue weighted by Crippen LogP contribution is 2.17. The summed E-state index contributed by atoms with van der Waals surface area (Å²) in [5.74, 6) is -0.742. The molecule has 1 aromatic heterocycles. The Hall–Kier alpha value is -1.14. The summed E-state index contributed by atoms with van der Waals surface area (Å²) in [6.07, 6.45) is 1.37. The first kappa shape index (κ1) is 7.96. The lowest BCUT2D eigenvalue weighted by atomic mass is 10.2. The molecule has 0 fully saturated rings. The number of pyridine rings is 1. The second-order valence-corrected chi connectivity index (χ2v) is 2.39. The van der Waals surface area contributed by atoms with Crippen LogP contribution in [0, 0.1) is 24.1 Å². The lowest BCUT2D eigenvalue weighted by molar-refractivity contribution is 0.616. The van der Waals surface area contributed by atoms with Crippen molar-refractivity contribution in [1.82, 2.24) is 4.98 Å². The maximum absolute atomic E-state index is 12.8. The minimum Gasteiger partial charge on any atom is -0.241 e. The summed E-state index contributed by atoms with van der Waals surface area (Å²) >= 11 is 5.33. The maximum atomic E-state index is 12.8. The third kappa shape index (κ3) is 1.31. The first-order valence-corrected chi connectivity index (χ1v) is 3.25. The zero-order valence-corrected chi connectivity index (χ0v) is 6.48. The standard InChI is InChI=1S/C7H4ClFN2/c1-4-3-11-7(8)6(9)5(4)2-10/h3H,1H3. The van der Waals surface area contributed by atoms with Gasteiger partial charge in [-0.1, -0.05) is 11.6 Å². The van der Waals surface area contributed by atoms with Crippen LogP contribution >= 0.6 is 11.6 Å². The van der Waals surface area contributed by atoms with Crippen LogP contribution in [0.2, 0.25) is 5.15 Å². The molecule has 0 aliphatic heterocycles. The molecule has 1 heterocycles. The van der Waals surface area contributed by atoms with Gasteiger partial charge in [-0.05, 0) is 12.5 Å². The number of rotatable bonds is 0. The van der Waals surface area contributed by atoms with Gasteiger partial charge in [0.1, 0.15) is 6.07 Å². The van der Waals surface area contributed by atoms with Gasteiger partial charge in [0.25, 0.3) is 0 Å². The van der Waals surface area contributed by atoms with Crippen LogP contribution in [0.3, 0.4) is 0 Å². The predicted octanol–water partition coefficient (Wildman–Crippen LogP) is 2.05. The summed E-state index contributed by atoms with van der Waals surface area (Å²) in [4.78, 5) is 3.53. The van der Waals surface area contributed by atoms with Crippen molar-refractivity contribution in [2.45, 2.75) is 6.92 Å². The third-order valence-corrected chi connectivity index (χ3v) is 1.54. The molecule has 0 aliphatic rings. The molecule has 0 saturated carbocycles. The van der Waals surface area contributed by atoms with Gasteiger partial charge < -0.3 is 0 Å². The minimum absolute atomic E-state index is 0.0370. The highest BCUT2D eigenvalue weighted by Gasteiger charge is 2.09. The van der Waals surface area contributed by atoms with Gasteiger partial charge in [0.05, 0.1) is 5.56 Å². The van der Waals surface area contributed by atoms with E-state index in [4.69, 9.17) is 16.9 Å². The van der Waals surface area contributed by atoms with Crippen LogP contribution in [0.1, 0.15) is 11.1 Å². The molecular formula is C7H4ClFN2. The van der Waals surface area contributed by atoms with Gasteiger partial charge in [-0.2, -0.15) is 5.26 Å². The number of nitrogens with zero attached hydrogens (tertiary/aromatic N) is 2. The monoisotopic (exact) mass is 170 g/mol. The van der Waals surface area contributed by atoms with Crippen molar-refractivity contribution in [3.63, 3.8) is 0 Å². The molecular weight excluding hydrogens is 167 g/mol. The first-order valence-electron chi connectivity index (χ1n) is 2.87. The SMILES string of the molecule is Cc1cnc(Cl)c(F)c1C#N. The van der Waals surface area contributed by atoms with E-state index < -0.39 is 5.82 Å². The second kappa shape index (κ2) is 2.85. The largest absolute Gasteiger partial charge is 0.241 e. The van der Waals surface area contributed by atoms with Gasteiger partial charge in [0.2, 0.25) is 0 Å².